The average molecular weight is 284 g/mol. The number of carboxylic acids is 1. The number of hydrogen-bond donors (Lipinski definition) is 2. The molecule has 0 aliphatic carbocycles. The van der Waals surface area contributed by atoms with E-state index in [2.05, 4.69) is 5.32 Å². The molecule has 0 aromatic rings. The SMILES string of the molecule is CC1(CNC(=O)N2CCC(C)(C(=O)O)CC2)CCCO1. The van der Waals surface area contributed by atoms with Crippen molar-refractivity contribution >= 4 is 12.0 Å². The Morgan fingerprint density at radius 2 is 1.90 bits per heavy atom. The van der Waals surface area contributed by atoms with Gasteiger partial charge in [-0.1, -0.05) is 0 Å². The number of ether oxygens (including phenoxy) is 1. The van der Waals surface area contributed by atoms with Gasteiger partial charge in [-0.2, -0.15) is 0 Å². The quantitative estimate of drug-likeness (QED) is 0.822. The first-order valence-electron chi connectivity index (χ1n) is 7.25. The number of rotatable bonds is 3. The highest BCUT2D eigenvalue weighted by molar-refractivity contribution is 5.77. The molecule has 2 aliphatic rings. The Bertz CT molecular complexity index is 383. The molecule has 2 aliphatic heterocycles. The van der Waals surface area contributed by atoms with Gasteiger partial charge in [0.15, 0.2) is 0 Å². The largest absolute Gasteiger partial charge is 0.481 e. The van der Waals surface area contributed by atoms with Gasteiger partial charge in [-0.05, 0) is 39.5 Å². The molecule has 6 nitrogen and oxygen atoms in total. The number of urea groups is 1. The lowest BCUT2D eigenvalue weighted by Gasteiger charge is -2.37. The molecule has 1 atom stereocenters. The molecule has 114 valence electrons. The lowest BCUT2D eigenvalue weighted by molar-refractivity contribution is -0.150. The summed E-state index contributed by atoms with van der Waals surface area (Å²) in [5, 5.41) is 12.1. The van der Waals surface area contributed by atoms with Crippen LogP contribution in [0.5, 0.6) is 0 Å². The highest BCUT2D eigenvalue weighted by atomic mass is 16.5. The Labute approximate surface area is 119 Å². The third-order valence-corrected chi connectivity index (χ3v) is 4.58. The zero-order valence-electron chi connectivity index (χ0n) is 12.3. The van der Waals surface area contributed by atoms with Gasteiger partial charge in [-0.15, -0.1) is 0 Å². The Morgan fingerprint density at radius 3 is 2.40 bits per heavy atom. The van der Waals surface area contributed by atoms with Crippen LogP contribution in [0.15, 0.2) is 0 Å². The first kappa shape index (κ1) is 15.1. The van der Waals surface area contributed by atoms with Crippen LogP contribution >= 0.6 is 0 Å². The van der Waals surface area contributed by atoms with Crippen LogP contribution in [0.3, 0.4) is 0 Å². The maximum absolute atomic E-state index is 12.1. The van der Waals surface area contributed by atoms with Crippen molar-refractivity contribution in [1.29, 1.82) is 0 Å². The smallest absolute Gasteiger partial charge is 0.317 e. The van der Waals surface area contributed by atoms with Crippen LogP contribution in [0, 0.1) is 5.41 Å². The molecular formula is C14H24N2O4. The van der Waals surface area contributed by atoms with Crippen molar-refractivity contribution in [3.8, 4) is 0 Å². The molecule has 2 fully saturated rings. The van der Waals surface area contributed by atoms with Crippen molar-refractivity contribution in [2.45, 2.75) is 45.1 Å². The first-order chi connectivity index (χ1) is 9.35. The minimum atomic E-state index is -0.774. The van der Waals surface area contributed by atoms with Crippen LogP contribution in [0.4, 0.5) is 4.79 Å². The highest BCUT2D eigenvalue weighted by Crippen LogP contribution is 2.31. The Kier molecular flexibility index (Phi) is 4.22. The summed E-state index contributed by atoms with van der Waals surface area (Å²) in [6.07, 6.45) is 3.00. The van der Waals surface area contributed by atoms with E-state index in [-0.39, 0.29) is 11.6 Å². The number of carbonyl (C=O) groups is 2. The number of nitrogens with zero attached hydrogens (tertiary/aromatic N) is 1. The van der Waals surface area contributed by atoms with E-state index in [1.165, 1.54) is 0 Å². The predicted molar refractivity (Wildman–Crippen MR) is 73.5 cm³/mol. The maximum atomic E-state index is 12.1. The standard InChI is InChI=1S/C14H24N2O4/c1-13(11(17)18)5-7-16(8-6-13)12(19)15-10-14(2)4-3-9-20-14/h3-10H2,1-2H3,(H,15,19)(H,17,18). The molecule has 0 radical (unpaired) electrons. The van der Waals surface area contributed by atoms with E-state index in [4.69, 9.17) is 9.84 Å². The molecule has 2 heterocycles. The molecule has 2 saturated heterocycles. The van der Waals surface area contributed by atoms with Gasteiger partial charge in [0.1, 0.15) is 0 Å². The van der Waals surface area contributed by atoms with Gasteiger partial charge in [0.05, 0.1) is 11.0 Å². The maximum Gasteiger partial charge on any atom is 0.317 e. The number of likely N-dealkylation sites (tertiary alicyclic amines) is 1. The van der Waals surface area contributed by atoms with Crippen molar-refractivity contribution in [3.63, 3.8) is 0 Å². The van der Waals surface area contributed by atoms with Crippen molar-refractivity contribution in [2.75, 3.05) is 26.2 Å². The summed E-state index contributed by atoms with van der Waals surface area (Å²) < 4.78 is 5.63. The fraction of sp³-hybridized carbons (Fsp3) is 0.857. The van der Waals surface area contributed by atoms with Crippen molar-refractivity contribution in [3.05, 3.63) is 0 Å². The normalized spacial score (nSPS) is 29.2. The van der Waals surface area contributed by atoms with E-state index in [1.807, 2.05) is 6.92 Å². The third kappa shape index (κ3) is 3.23. The molecule has 1 unspecified atom stereocenters. The van der Waals surface area contributed by atoms with Gasteiger partial charge < -0.3 is 20.1 Å². The van der Waals surface area contributed by atoms with Crippen LogP contribution in [-0.2, 0) is 9.53 Å². The van der Waals surface area contributed by atoms with Crippen LogP contribution in [0.2, 0.25) is 0 Å². The molecule has 2 rings (SSSR count). The van der Waals surface area contributed by atoms with Gasteiger partial charge in [0, 0.05) is 26.2 Å². The minimum Gasteiger partial charge on any atom is -0.481 e. The molecule has 2 N–H and O–H groups in total. The second-order valence-electron chi connectivity index (χ2n) is 6.41. The summed E-state index contributed by atoms with van der Waals surface area (Å²) in [5.74, 6) is -0.774. The molecule has 20 heavy (non-hydrogen) atoms. The van der Waals surface area contributed by atoms with E-state index in [0.29, 0.717) is 32.5 Å². The van der Waals surface area contributed by atoms with E-state index in [9.17, 15) is 9.59 Å². The number of nitrogens with one attached hydrogen (secondary N) is 1. The van der Waals surface area contributed by atoms with Gasteiger partial charge in [0.25, 0.3) is 0 Å². The second kappa shape index (κ2) is 5.60. The fourth-order valence-corrected chi connectivity index (χ4v) is 2.77. The molecule has 0 aromatic carbocycles. The first-order valence-corrected chi connectivity index (χ1v) is 7.25. The van der Waals surface area contributed by atoms with Crippen molar-refractivity contribution < 1.29 is 19.4 Å². The van der Waals surface area contributed by atoms with Crippen molar-refractivity contribution in [1.82, 2.24) is 10.2 Å². The van der Waals surface area contributed by atoms with E-state index >= 15 is 0 Å². The summed E-state index contributed by atoms with van der Waals surface area (Å²) in [6, 6.07) is -0.117. The van der Waals surface area contributed by atoms with E-state index in [1.54, 1.807) is 11.8 Å². The lowest BCUT2D eigenvalue weighted by Crippen LogP contribution is -2.51. The average Bonchev–Trinajstić information content (AvgIpc) is 2.84. The Hall–Kier alpha value is -1.30. The van der Waals surface area contributed by atoms with E-state index in [0.717, 1.165) is 19.4 Å². The molecule has 0 aromatic heterocycles. The zero-order valence-corrected chi connectivity index (χ0v) is 12.3. The number of carbonyl (C=O) groups excluding carboxylic acids is 1. The van der Waals surface area contributed by atoms with Crippen molar-refractivity contribution in [2.24, 2.45) is 5.41 Å². The lowest BCUT2D eigenvalue weighted by atomic mass is 9.80. The summed E-state index contributed by atoms with van der Waals surface area (Å²) in [7, 11) is 0. The van der Waals surface area contributed by atoms with Gasteiger partial charge >= 0.3 is 12.0 Å². The summed E-state index contributed by atoms with van der Waals surface area (Å²) >= 11 is 0. The molecule has 0 spiro atoms. The van der Waals surface area contributed by atoms with Crippen LogP contribution < -0.4 is 5.32 Å². The predicted octanol–water partition coefficient (Wildman–Crippen LogP) is 1.45. The molecule has 2 amide bonds. The van der Waals surface area contributed by atoms with Crippen LogP contribution in [-0.4, -0.2) is 53.8 Å². The third-order valence-electron chi connectivity index (χ3n) is 4.58. The number of aliphatic carboxylic acids is 1. The Balaban J connectivity index is 1.79. The minimum absolute atomic E-state index is 0.117. The van der Waals surface area contributed by atoms with E-state index < -0.39 is 11.4 Å². The molecule has 6 heteroatoms. The van der Waals surface area contributed by atoms with Crippen LogP contribution in [0.25, 0.3) is 0 Å². The molecule has 0 bridgehead atoms. The molecular weight excluding hydrogens is 260 g/mol. The van der Waals surface area contributed by atoms with Gasteiger partial charge in [-0.3, -0.25) is 4.79 Å². The number of hydrogen-bond acceptors (Lipinski definition) is 3. The van der Waals surface area contributed by atoms with Gasteiger partial charge in [0.2, 0.25) is 0 Å². The summed E-state index contributed by atoms with van der Waals surface area (Å²) in [6.45, 7) is 6.01. The topological polar surface area (TPSA) is 78.9 Å². The number of carboxylic acid groups (broad SMARTS) is 1. The number of piperidine rings is 1. The zero-order chi connectivity index (χ0) is 14.8. The van der Waals surface area contributed by atoms with Gasteiger partial charge in [-0.25, -0.2) is 4.79 Å². The highest BCUT2D eigenvalue weighted by Gasteiger charge is 2.38. The number of amides is 2. The fourth-order valence-electron chi connectivity index (χ4n) is 2.77. The monoisotopic (exact) mass is 284 g/mol. The van der Waals surface area contributed by atoms with Crippen LogP contribution in [0.1, 0.15) is 39.5 Å². The Morgan fingerprint density at radius 1 is 1.25 bits per heavy atom. The second-order valence-corrected chi connectivity index (χ2v) is 6.41. The molecule has 0 saturated carbocycles. The summed E-state index contributed by atoms with van der Waals surface area (Å²) in [4.78, 5) is 24.9. The summed E-state index contributed by atoms with van der Waals surface area (Å²) in [5.41, 5.74) is -0.946.